The van der Waals surface area contributed by atoms with Gasteiger partial charge in [-0.05, 0) is 25.7 Å². The minimum atomic E-state index is 0.254. The van der Waals surface area contributed by atoms with E-state index >= 15 is 0 Å². The summed E-state index contributed by atoms with van der Waals surface area (Å²) in [4.78, 5) is 14.1. The summed E-state index contributed by atoms with van der Waals surface area (Å²) in [5.74, 6) is 0.254. The number of nitrogens with one attached hydrogen (secondary N) is 1. The van der Waals surface area contributed by atoms with Gasteiger partial charge in [0.2, 0.25) is 5.91 Å². The summed E-state index contributed by atoms with van der Waals surface area (Å²) in [6.07, 6.45) is 11.7. The van der Waals surface area contributed by atoms with Gasteiger partial charge in [-0.3, -0.25) is 4.79 Å². The van der Waals surface area contributed by atoms with E-state index in [1.807, 2.05) is 4.90 Å². The van der Waals surface area contributed by atoms with Gasteiger partial charge in [0.1, 0.15) is 0 Å². The van der Waals surface area contributed by atoms with Gasteiger partial charge in [-0.25, -0.2) is 0 Å². The molecule has 2 fully saturated rings. The Morgan fingerprint density at radius 2 is 1.65 bits per heavy atom. The van der Waals surface area contributed by atoms with Crippen LogP contribution >= 0.6 is 0 Å². The average molecular weight is 282 g/mol. The van der Waals surface area contributed by atoms with E-state index < -0.39 is 0 Å². The molecule has 4 heteroatoms. The number of carbonyl (C=O) groups is 1. The van der Waals surface area contributed by atoms with Crippen molar-refractivity contribution in [2.45, 2.75) is 63.9 Å². The molecular weight excluding hydrogens is 252 g/mol. The van der Waals surface area contributed by atoms with Crippen LogP contribution in [0.3, 0.4) is 0 Å². The van der Waals surface area contributed by atoms with Crippen molar-refractivity contribution in [3.63, 3.8) is 0 Å². The summed E-state index contributed by atoms with van der Waals surface area (Å²) in [5, 5.41) is 3.23. The van der Waals surface area contributed by atoms with Crippen LogP contribution in [0.1, 0.15) is 57.8 Å². The first-order valence-electron chi connectivity index (χ1n) is 8.46. The number of likely N-dealkylation sites (tertiary alicyclic amines) is 1. The lowest BCUT2D eigenvalue weighted by molar-refractivity contribution is -0.130. The van der Waals surface area contributed by atoms with E-state index in [9.17, 15) is 4.79 Å². The predicted molar refractivity (Wildman–Crippen MR) is 80.7 cm³/mol. The molecule has 2 aliphatic rings. The molecule has 20 heavy (non-hydrogen) atoms. The molecule has 0 spiro atoms. The molecule has 0 aromatic rings. The fraction of sp³-hybridized carbons (Fsp3) is 0.938. The summed E-state index contributed by atoms with van der Waals surface area (Å²) in [6, 6.07) is 0. The summed E-state index contributed by atoms with van der Waals surface area (Å²) in [5.41, 5.74) is 0. The second kappa shape index (κ2) is 9.35. The minimum absolute atomic E-state index is 0.254. The Kier molecular flexibility index (Phi) is 7.37. The maximum Gasteiger partial charge on any atom is 0.236 e. The van der Waals surface area contributed by atoms with Gasteiger partial charge in [0, 0.05) is 19.6 Å². The Morgan fingerprint density at radius 3 is 2.35 bits per heavy atom. The van der Waals surface area contributed by atoms with Crippen molar-refractivity contribution in [3.05, 3.63) is 0 Å². The van der Waals surface area contributed by atoms with Gasteiger partial charge >= 0.3 is 0 Å². The van der Waals surface area contributed by atoms with Gasteiger partial charge in [-0.2, -0.15) is 0 Å². The van der Waals surface area contributed by atoms with E-state index in [2.05, 4.69) is 5.32 Å². The first-order valence-corrected chi connectivity index (χ1v) is 8.46. The molecule has 0 atom stereocenters. The SMILES string of the molecule is O=C(CNCCOC1CCCCC1)N1CCCCCC1. The summed E-state index contributed by atoms with van der Waals surface area (Å²) >= 11 is 0. The normalized spacial score (nSPS) is 21.7. The molecule has 1 aliphatic carbocycles. The Bertz CT molecular complexity index is 270. The summed E-state index contributed by atoms with van der Waals surface area (Å²) < 4.78 is 5.84. The van der Waals surface area contributed by atoms with Crippen LogP contribution in [0.2, 0.25) is 0 Å². The van der Waals surface area contributed by atoms with Crippen molar-refractivity contribution in [1.82, 2.24) is 10.2 Å². The first kappa shape index (κ1) is 15.8. The maximum absolute atomic E-state index is 12.0. The smallest absolute Gasteiger partial charge is 0.236 e. The van der Waals surface area contributed by atoms with Crippen LogP contribution in [-0.4, -0.2) is 49.7 Å². The zero-order valence-corrected chi connectivity index (χ0v) is 12.7. The van der Waals surface area contributed by atoms with Crippen LogP contribution in [0.15, 0.2) is 0 Å². The second-order valence-corrected chi connectivity index (χ2v) is 6.10. The fourth-order valence-corrected chi connectivity index (χ4v) is 3.16. The zero-order valence-electron chi connectivity index (χ0n) is 12.7. The van der Waals surface area contributed by atoms with Gasteiger partial charge < -0.3 is 15.0 Å². The molecule has 0 unspecified atom stereocenters. The van der Waals surface area contributed by atoms with Crippen molar-refractivity contribution in [2.75, 3.05) is 32.8 Å². The van der Waals surface area contributed by atoms with Crippen LogP contribution in [0.5, 0.6) is 0 Å². The molecule has 1 saturated heterocycles. The third kappa shape index (κ3) is 5.80. The van der Waals surface area contributed by atoms with Gasteiger partial charge in [0.25, 0.3) is 0 Å². The van der Waals surface area contributed by atoms with Gasteiger partial charge in [0.15, 0.2) is 0 Å². The molecule has 1 amide bonds. The van der Waals surface area contributed by atoms with Crippen molar-refractivity contribution in [2.24, 2.45) is 0 Å². The molecule has 1 saturated carbocycles. The Hall–Kier alpha value is -0.610. The van der Waals surface area contributed by atoms with E-state index in [0.717, 1.165) is 39.1 Å². The number of hydrogen-bond donors (Lipinski definition) is 1. The monoisotopic (exact) mass is 282 g/mol. The average Bonchev–Trinajstić information content (AvgIpc) is 2.77. The van der Waals surface area contributed by atoms with Crippen LogP contribution in [-0.2, 0) is 9.53 Å². The highest BCUT2D eigenvalue weighted by Gasteiger charge is 2.15. The topological polar surface area (TPSA) is 41.6 Å². The van der Waals surface area contributed by atoms with Gasteiger partial charge in [-0.15, -0.1) is 0 Å². The highest BCUT2D eigenvalue weighted by atomic mass is 16.5. The summed E-state index contributed by atoms with van der Waals surface area (Å²) in [7, 11) is 0. The molecule has 0 aromatic heterocycles. The van der Waals surface area contributed by atoms with E-state index in [0.29, 0.717) is 12.6 Å². The molecular formula is C16H30N2O2. The quantitative estimate of drug-likeness (QED) is 0.760. The first-order chi connectivity index (χ1) is 9.86. The number of hydrogen-bond acceptors (Lipinski definition) is 3. The molecule has 1 heterocycles. The number of amides is 1. The largest absolute Gasteiger partial charge is 0.377 e. The van der Waals surface area contributed by atoms with Crippen LogP contribution in [0.4, 0.5) is 0 Å². The third-order valence-corrected chi connectivity index (χ3v) is 4.42. The molecule has 2 rings (SSSR count). The van der Waals surface area contributed by atoms with Gasteiger partial charge in [-0.1, -0.05) is 32.1 Å². The predicted octanol–water partition coefficient (Wildman–Crippen LogP) is 2.33. The lowest BCUT2D eigenvalue weighted by Crippen LogP contribution is -2.39. The molecule has 0 bridgehead atoms. The van der Waals surface area contributed by atoms with Gasteiger partial charge in [0.05, 0.1) is 19.3 Å². The number of carbonyl (C=O) groups excluding carboxylic acids is 1. The van der Waals surface area contributed by atoms with Crippen molar-refractivity contribution in [3.8, 4) is 0 Å². The highest BCUT2D eigenvalue weighted by Crippen LogP contribution is 2.19. The Labute approximate surface area is 123 Å². The summed E-state index contributed by atoms with van der Waals surface area (Å²) in [6.45, 7) is 3.88. The van der Waals surface area contributed by atoms with Crippen LogP contribution in [0, 0.1) is 0 Å². The van der Waals surface area contributed by atoms with Crippen molar-refractivity contribution >= 4 is 5.91 Å². The lowest BCUT2D eigenvalue weighted by atomic mass is 9.98. The van der Waals surface area contributed by atoms with E-state index in [1.54, 1.807) is 0 Å². The van der Waals surface area contributed by atoms with Crippen molar-refractivity contribution in [1.29, 1.82) is 0 Å². The molecule has 1 N–H and O–H groups in total. The van der Waals surface area contributed by atoms with Crippen LogP contribution < -0.4 is 5.32 Å². The fourth-order valence-electron chi connectivity index (χ4n) is 3.16. The van der Waals surface area contributed by atoms with Crippen LogP contribution in [0.25, 0.3) is 0 Å². The van der Waals surface area contributed by atoms with E-state index in [-0.39, 0.29) is 5.91 Å². The lowest BCUT2D eigenvalue weighted by Gasteiger charge is -2.22. The highest BCUT2D eigenvalue weighted by molar-refractivity contribution is 5.78. The molecule has 116 valence electrons. The Balaban J connectivity index is 1.50. The Morgan fingerprint density at radius 1 is 1.00 bits per heavy atom. The van der Waals surface area contributed by atoms with Crippen molar-refractivity contribution < 1.29 is 9.53 Å². The molecule has 1 aliphatic heterocycles. The molecule has 4 nitrogen and oxygen atoms in total. The number of nitrogens with zero attached hydrogens (tertiary/aromatic N) is 1. The molecule has 0 aromatic carbocycles. The third-order valence-electron chi connectivity index (χ3n) is 4.42. The van der Waals surface area contributed by atoms with E-state index in [4.69, 9.17) is 4.74 Å². The second-order valence-electron chi connectivity index (χ2n) is 6.10. The minimum Gasteiger partial charge on any atom is -0.377 e. The standard InChI is InChI=1S/C16H30N2O2/c19-16(18-11-6-1-2-7-12-18)14-17-10-13-20-15-8-4-3-5-9-15/h15,17H,1-14H2. The maximum atomic E-state index is 12.0. The zero-order chi connectivity index (χ0) is 14.0. The van der Waals surface area contributed by atoms with E-state index in [1.165, 1.54) is 44.9 Å². The number of rotatable bonds is 6. The number of ether oxygens (including phenoxy) is 1. The molecule has 0 radical (unpaired) electrons.